The van der Waals surface area contributed by atoms with E-state index in [2.05, 4.69) is 39.7 Å². The summed E-state index contributed by atoms with van der Waals surface area (Å²) in [6.45, 7) is 9.02. The Morgan fingerprint density at radius 2 is 2.06 bits per heavy atom. The van der Waals surface area contributed by atoms with Crippen LogP contribution in [0.3, 0.4) is 0 Å². The fourth-order valence-electron chi connectivity index (χ4n) is 1.86. The summed E-state index contributed by atoms with van der Waals surface area (Å²) in [5.41, 5.74) is -0.00391. The minimum absolute atomic E-state index is 0.00391. The van der Waals surface area contributed by atoms with Crippen molar-refractivity contribution < 1.29 is 0 Å². The Kier molecular flexibility index (Phi) is 5.85. The Hall–Kier alpha value is -0.840. The molecule has 0 aromatic carbocycles. The first-order valence-corrected chi connectivity index (χ1v) is 7.51. The fraction of sp³-hybridized carbons (Fsp3) is 0.692. The third-order valence-electron chi connectivity index (χ3n) is 2.83. The largest absolute Gasteiger partial charge is 0.350 e. The van der Waals surface area contributed by atoms with Gasteiger partial charge in [0.1, 0.15) is 0 Å². The van der Waals surface area contributed by atoms with Crippen molar-refractivity contribution in [2.75, 3.05) is 16.8 Å². The minimum atomic E-state index is -0.00391. The van der Waals surface area contributed by atoms with Gasteiger partial charge < -0.3 is 9.47 Å². The predicted molar refractivity (Wildman–Crippen MR) is 79.8 cm³/mol. The van der Waals surface area contributed by atoms with Gasteiger partial charge in [0.25, 0.3) is 5.56 Å². The van der Waals surface area contributed by atoms with Crippen LogP contribution in [0.2, 0.25) is 0 Å². The van der Waals surface area contributed by atoms with E-state index in [0.29, 0.717) is 5.82 Å². The number of alkyl halides is 1. The lowest BCUT2D eigenvalue weighted by molar-refractivity contribution is 0.564. The summed E-state index contributed by atoms with van der Waals surface area (Å²) < 4.78 is 1.73. The van der Waals surface area contributed by atoms with Gasteiger partial charge in [-0.1, -0.05) is 15.9 Å². The molecule has 0 saturated carbocycles. The van der Waals surface area contributed by atoms with Crippen LogP contribution in [0.4, 0.5) is 5.82 Å². The predicted octanol–water partition coefficient (Wildman–Crippen LogP) is 2.82. The Morgan fingerprint density at radius 1 is 1.39 bits per heavy atom. The Morgan fingerprint density at radius 3 is 2.56 bits per heavy atom. The summed E-state index contributed by atoms with van der Waals surface area (Å²) in [4.78, 5) is 18.7. The Labute approximate surface area is 117 Å². The molecule has 0 N–H and O–H groups in total. The summed E-state index contributed by atoms with van der Waals surface area (Å²) in [7, 11) is 0. The molecule has 0 radical (unpaired) electrons. The van der Waals surface area contributed by atoms with Crippen molar-refractivity contribution in [3.05, 3.63) is 22.7 Å². The standard InChI is InChI=1S/C13H22BrN3O/c1-10(2)16(8-5-6-14)12-13(18)17(11(3)4)9-7-15-12/h7,9-11H,5-6,8H2,1-4H3. The molecule has 18 heavy (non-hydrogen) atoms. The minimum Gasteiger partial charge on any atom is -0.350 e. The second kappa shape index (κ2) is 6.92. The van der Waals surface area contributed by atoms with Crippen LogP contribution in [0.1, 0.15) is 40.2 Å². The average molecular weight is 316 g/mol. The number of hydrogen-bond acceptors (Lipinski definition) is 3. The van der Waals surface area contributed by atoms with Crippen LogP contribution in [0, 0.1) is 0 Å². The topological polar surface area (TPSA) is 38.1 Å². The average Bonchev–Trinajstić information content (AvgIpc) is 2.30. The fourth-order valence-corrected chi connectivity index (χ4v) is 2.11. The van der Waals surface area contributed by atoms with E-state index in [1.807, 2.05) is 13.8 Å². The molecule has 0 aliphatic heterocycles. The van der Waals surface area contributed by atoms with E-state index < -0.39 is 0 Å². The van der Waals surface area contributed by atoms with Crippen LogP contribution in [0.25, 0.3) is 0 Å². The second-order valence-corrected chi connectivity index (χ2v) is 5.68. The van der Waals surface area contributed by atoms with Crippen LogP contribution in [0.15, 0.2) is 17.2 Å². The molecule has 4 nitrogen and oxygen atoms in total. The molecule has 5 heteroatoms. The first kappa shape index (κ1) is 15.2. The molecule has 1 aromatic heterocycles. The number of hydrogen-bond donors (Lipinski definition) is 0. The zero-order valence-corrected chi connectivity index (χ0v) is 13.1. The molecule has 0 bridgehead atoms. The molecule has 0 aliphatic carbocycles. The highest BCUT2D eigenvalue weighted by Crippen LogP contribution is 2.11. The van der Waals surface area contributed by atoms with E-state index in [9.17, 15) is 4.79 Å². The van der Waals surface area contributed by atoms with Crippen LogP contribution in [-0.4, -0.2) is 27.5 Å². The van der Waals surface area contributed by atoms with Gasteiger partial charge in [-0.3, -0.25) is 4.79 Å². The highest BCUT2D eigenvalue weighted by atomic mass is 79.9. The number of aromatic nitrogens is 2. The normalized spacial score (nSPS) is 11.3. The molecule has 0 saturated heterocycles. The maximum atomic E-state index is 12.4. The van der Waals surface area contributed by atoms with E-state index in [1.165, 1.54) is 0 Å². The molecule has 0 spiro atoms. The molecule has 102 valence electrons. The molecule has 0 fully saturated rings. The molecule has 0 atom stereocenters. The van der Waals surface area contributed by atoms with Crippen molar-refractivity contribution in [3.63, 3.8) is 0 Å². The van der Waals surface area contributed by atoms with Crippen molar-refractivity contribution in [1.29, 1.82) is 0 Å². The summed E-state index contributed by atoms with van der Waals surface area (Å²) in [5.74, 6) is 0.558. The molecule has 1 rings (SSSR count). The van der Waals surface area contributed by atoms with Gasteiger partial charge in [-0.15, -0.1) is 0 Å². The van der Waals surface area contributed by atoms with Gasteiger partial charge in [0, 0.05) is 36.4 Å². The molecule has 1 aromatic rings. The lowest BCUT2D eigenvalue weighted by Crippen LogP contribution is -2.39. The van der Waals surface area contributed by atoms with E-state index in [4.69, 9.17) is 0 Å². The summed E-state index contributed by atoms with van der Waals surface area (Å²) in [6, 6.07) is 0.427. The lowest BCUT2D eigenvalue weighted by Gasteiger charge is -2.27. The molecule has 0 amide bonds. The van der Waals surface area contributed by atoms with E-state index in [-0.39, 0.29) is 17.6 Å². The Balaban J connectivity index is 3.12. The summed E-state index contributed by atoms with van der Waals surface area (Å²) in [5, 5.41) is 0.932. The van der Waals surface area contributed by atoms with Gasteiger partial charge in [-0.05, 0) is 34.1 Å². The third-order valence-corrected chi connectivity index (χ3v) is 3.40. The van der Waals surface area contributed by atoms with Crippen LogP contribution < -0.4 is 10.5 Å². The van der Waals surface area contributed by atoms with Gasteiger partial charge in [0.15, 0.2) is 5.82 Å². The van der Waals surface area contributed by atoms with Gasteiger partial charge >= 0.3 is 0 Å². The maximum absolute atomic E-state index is 12.4. The van der Waals surface area contributed by atoms with E-state index >= 15 is 0 Å². The SMILES string of the molecule is CC(C)N(CCCBr)c1nccn(C(C)C)c1=O. The summed E-state index contributed by atoms with van der Waals surface area (Å²) >= 11 is 3.43. The van der Waals surface area contributed by atoms with Gasteiger partial charge in [-0.2, -0.15) is 0 Å². The third kappa shape index (κ3) is 3.57. The highest BCUT2D eigenvalue weighted by Gasteiger charge is 2.17. The van der Waals surface area contributed by atoms with Crippen LogP contribution in [-0.2, 0) is 0 Å². The van der Waals surface area contributed by atoms with Crippen LogP contribution in [0.5, 0.6) is 0 Å². The highest BCUT2D eigenvalue weighted by molar-refractivity contribution is 9.09. The summed E-state index contributed by atoms with van der Waals surface area (Å²) in [6.07, 6.45) is 4.45. The van der Waals surface area contributed by atoms with Crippen LogP contribution >= 0.6 is 15.9 Å². The zero-order chi connectivity index (χ0) is 13.7. The second-order valence-electron chi connectivity index (χ2n) is 4.89. The monoisotopic (exact) mass is 315 g/mol. The number of anilines is 1. The Bertz CT molecular complexity index is 428. The van der Waals surface area contributed by atoms with Crippen molar-refractivity contribution in [2.45, 2.75) is 46.2 Å². The van der Waals surface area contributed by atoms with Gasteiger partial charge in [0.05, 0.1) is 0 Å². The quantitative estimate of drug-likeness (QED) is 0.758. The van der Waals surface area contributed by atoms with Crippen molar-refractivity contribution in [3.8, 4) is 0 Å². The van der Waals surface area contributed by atoms with E-state index in [1.54, 1.807) is 17.0 Å². The molecule has 0 aliphatic rings. The first-order chi connectivity index (χ1) is 8.49. The number of halogens is 1. The molecule has 0 unspecified atom stereocenters. The number of rotatable bonds is 6. The number of nitrogens with zero attached hydrogens (tertiary/aromatic N) is 3. The van der Waals surface area contributed by atoms with E-state index in [0.717, 1.165) is 18.3 Å². The molecule has 1 heterocycles. The van der Waals surface area contributed by atoms with Gasteiger partial charge in [-0.25, -0.2) is 4.98 Å². The zero-order valence-electron chi connectivity index (χ0n) is 11.6. The van der Waals surface area contributed by atoms with Crippen molar-refractivity contribution in [2.24, 2.45) is 0 Å². The first-order valence-electron chi connectivity index (χ1n) is 6.38. The lowest BCUT2D eigenvalue weighted by atomic mass is 10.3. The van der Waals surface area contributed by atoms with Crippen molar-refractivity contribution >= 4 is 21.7 Å². The smallest absolute Gasteiger partial charge is 0.293 e. The van der Waals surface area contributed by atoms with Gasteiger partial charge in [0.2, 0.25) is 0 Å². The molecular weight excluding hydrogens is 294 g/mol. The van der Waals surface area contributed by atoms with Crippen molar-refractivity contribution in [1.82, 2.24) is 9.55 Å². The maximum Gasteiger partial charge on any atom is 0.293 e. The molecular formula is C13H22BrN3O.